The number of nitrogens with one attached hydrogen (secondary N) is 2. The van der Waals surface area contributed by atoms with Gasteiger partial charge in [0.15, 0.2) is 0 Å². The van der Waals surface area contributed by atoms with Crippen molar-refractivity contribution >= 4 is 23.7 Å². The molecule has 1 aliphatic rings. The molecular weight excluding hydrogens is 412 g/mol. The summed E-state index contributed by atoms with van der Waals surface area (Å²) in [7, 11) is 1.56. The zero-order valence-electron chi connectivity index (χ0n) is 20.1. The number of carbonyl (C=O) groups excluding carboxylic acids is 3. The van der Waals surface area contributed by atoms with Crippen molar-refractivity contribution in [2.45, 2.75) is 73.0 Å². The summed E-state index contributed by atoms with van der Waals surface area (Å²) in [5.74, 6) is -0.119. The third-order valence-corrected chi connectivity index (χ3v) is 5.05. The number of hydrogen-bond donors (Lipinski definition) is 2. The molecule has 0 saturated heterocycles. The highest BCUT2D eigenvalue weighted by Crippen LogP contribution is 2.41. The molecule has 0 aliphatic carbocycles. The summed E-state index contributed by atoms with van der Waals surface area (Å²) < 4.78 is 16.3. The van der Waals surface area contributed by atoms with Gasteiger partial charge in [-0.3, -0.25) is 4.79 Å². The van der Waals surface area contributed by atoms with Crippen LogP contribution in [0.5, 0.6) is 5.75 Å². The molecule has 1 aromatic carbocycles. The van der Waals surface area contributed by atoms with Gasteiger partial charge in [0.25, 0.3) is 0 Å². The number of carbonyl (C=O) groups is 3. The first-order chi connectivity index (χ1) is 15.0. The van der Waals surface area contributed by atoms with E-state index in [1.807, 2.05) is 47.6 Å². The molecule has 8 heteroatoms. The Morgan fingerprint density at radius 3 is 2.50 bits per heavy atom. The molecule has 176 valence electrons. The average Bonchev–Trinajstić information content (AvgIpc) is 3.08. The largest absolute Gasteiger partial charge is 0.496 e. The van der Waals surface area contributed by atoms with Crippen LogP contribution in [-0.2, 0) is 27.3 Å². The Morgan fingerprint density at radius 1 is 1.22 bits per heavy atom. The van der Waals surface area contributed by atoms with Crippen molar-refractivity contribution in [1.29, 1.82) is 0 Å². The summed E-state index contributed by atoms with van der Waals surface area (Å²) in [4.78, 5) is 36.8. The van der Waals surface area contributed by atoms with Gasteiger partial charge in [-0.2, -0.15) is 0 Å². The minimum atomic E-state index is -0.516. The van der Waals surface area contributed by atoms with Crippen molar-refractivity contribution < 1.29 is 28.6 Å². The molecule has 0 bridgehead atoms. The van der Waals surface area contributed by atoms with Crippen LogP contribution >= 0.6 is 0 Å². The van der Waals surface area contributed by atoms with E-state index in [0.717, 1.165) is 11.1 Å². The molecule has 2 amide bonds. The summed E-state index contributed by atoms with van der Waals surface area (Å²) in [5.41, 5.74) is 3.44. The molecule has 2 rings (SSSR count). The van der Waals surface area contributed by atoms with Crippen LogP contribution in [0, 0.1) is 6.92 Å². The maximum absolute atomic E-state index is 12.5. The third kappa shape index (κ3) is 6.24. The van der Waals surface area contributed by atoms with Gasteiger partial charge in [0, 0.05) is 24.1 Å². The second-order valence-corrected chi connectivity index (χ2v) is 8.77. The van der Waals surface area contributed by atoms with Gasteiger partial charge in [-0.15, -0.1) is 0 Å². The number of fused-ring (bicyclic) bond motifs is 1. The van der Waals surface area contributed by atoms with Gasteiger partial charge in [-0.1, -0.05) is 11.6 Å². The number of allylic oxidation sites excluding steroid dienone is 2. The van der Waals surface area contributed by atoms with E-state index in [4.69, 9.17) is 14.2 Å². The lowest BCUT2D eigenvalue weighted by Crippen LogP contribution is -2.29. The number of cyclic esters (lactones) is 1. The molecule has 0 spiro atoms. The summed E-state index contributed by atoms with van der Waals surface area (Å²) in [5, 5.41) is 5.50. The zero-order chi connectivity index (χ0) is 24.1. The molecule has 8 nitrogen and oxygen atoms in total. The van der Waals surface area contributed by atoms with Crippen molar-refractivity contribution in [3.63, 3.8) is 0 Å². The number of urea groups is 1. The fourth-order valence-corrected chi connectivity index (χ4v) is 3.58. The van der Waals surface area contributed by atoms with Crippen molar-refractivity contribution in [1.82, 2.24) is 5.32 Å². The summed E-state index contributed by atoms with van der Waals surface area (Å²) in [6.45, 7) is 11.7. The van der Waals surface area contributed by atoms with Crippen molar-refractivity contribution in [2.24, 2.45) is 0 Å². The summed E-state index contributed by atoms with van der Waals surface area (Å²) in [6.07, 6.45) is 3.20. The van der Waals surface area contributed by atoms with E-state index in [2.05, 4.69) is 10.6 Å². The van der Waals surface area contributed by atoms with Crippen LogP contribution < -0.4 is 15.4 Å². The highest BCUT2D eigenvalue weighted by molar-refractivity contribution is 6.05. The fraction of sp³-hybridized carbons (Fsp3) is 0.542. The number of benzene rings is 1. The first-order valence-electron chi connectivity index (χ1n) is 10.8. The van der Waals surface area contributed by atoms with E-state index in [9.17, 15) is 14.4 Å². The number of rotatable bonds is 8. The first-order valence-corrected chi connectivity index (χ1v) is 10.8. The van der Waals surface area contributed by atoms with Crippen LogP contribution in [-0.4, -0.2) is 37.2 Å². The number of ether oxygens (including phenoxy) is 3. The maximum atomic E-state index is 12.5. The van der Waals surface area contributed by atoms with Crippen LogP contribution in [0.1, 0.15) is 74.5 Å². The van der Waals surface area contributed by atoms with E-state index >= 15 is 0 Å². The highest BCUT2D eigenvalue weighted by atomic mass is 16.6. The fourth-order valence-electron chi connectivity index (χ4n) is 3.58. The van der Waals surface area contributed by atoms with Crippen LogP contribution in [0.2, 0.25) is 0 Å². The Morgan fingerprint density at radius 2 is 1.91 bits per heavy atom. The van der Waals surface area contributed by atoms with Gasteiger partial charge in [-0.25, -0.2) is 9.59 Å². The van der Waals surface area contributed by atoms with Gasteiger partial charge < -0.3 is 24.8 Å². The van der Waals surface area contributed by atoms with Crippen LogP contribution in [0.4, 0.5) is 10.5 Å². The van der Waals surface area contributed by atoms with E-state index in [1.165, 1.54) is 0 Å². The van der Waals surface area contributed by atoms with Crippen LogP contribution in [0.25, 0.3) is 0 Å². The van der Waals surface area contributed by atoms with Gasteiger partial charge in [0.05, 0.1) is 18.4 Å². The standard InChI is InChI=1S/C24H34N2O6/c1-8-25-23(29)26-20-16(11-9-14(2)10-12-18(27)32-24(4,5)6)21(30-7)15(3)17-13-31-22(28)19(17)20/h9H,8,10-13H2,1-7H3,(H2,25,26,29)/b14-9+. The van der Waals surface area contributed by atoms with Gasteiger partial charge >= 0.3 is 18.0 Å². The Bertz CT molecular complexity index is 928. The average molecular weight is 447 g/mol. The molecule has 0 radical (unpaired) electrons. The van der Waals surface area contributed by atoms with Crippen molar-refractivity contribution in [2.75, 3.05) is 19.0 Å². The maximum Gasteiger partial charge on any atom is 0.341 e. The Kier molecular flexibility index (Phi) is 8.30. The van der Waals surface area contributed by atoms with E-state index in [1.54, 1.807) is 7.11 Å². The van der Waals surface area contributed by atoms with Crippen molar-refractivity contribution in [3.8, 4) is 5.75 Å². The molecule has 1 aromatic rings. The minimum absolute atomic E-state index is 0.144. The third-order valence-electron chi connectivity index (χ3n) is 5.05. The molecule has 32 heavy (non-hydrogen) atoms. The van der Waals surface area contributed by atoms with Crippen LogP contribution in [0.3, 0.4) is 0 Å². The van der Waals surface area contributed by atoms with Gasteiger partial charge in [0.1, 0.15) is 18.0 Å². The predicted octanol–water partition coefficient (Wildman–Crippen LogP) is 4.43. The molecule has 0 saturated carbocycles. The normalized spacial score (nSPS) is 13.3. The number of esters is 2. The molecule has 0 unspecified atom stereocenters. The van der Waals surface area contributed by atoms with E-state index in [0.29, 0.717) is 47.5 Å². The number of hydrogen-bond acceptors (Lipinski definition) is 6. The number of anilines is 1. The quantitative estimate of drug-likeness (QED) is 0.452. The van der Waals surface area contributed by atoms with Gasteiger partial charge in [-0.05, 0) is 59.9 Å². The Labute approximate surface area is 189 Å². The molecule has 1 aliphatic heterocycles. The lowest BCUT2D eigenvalue weighted by molar-refractivity contribution is -0.154. The second-order valence-electron chi connectivity index (χ2n) is 8.77. The smallest absolute Gasteiger partial charge is 0.341 e. The molecule has 2 N–H and O–H groups in total. The van der Waals surface area contributed by atoms with E-state index in [-0.39, 0.29) is 19.0 Å². The summed E-state index contributed by atoms with van der Waals surface area (Å²) in [6, 6.07) is -0.410. The lowest BCUT2D eigenvalue weighted by Gasteiger charge is -2.20. The molecule has 0 fully saturated rings. The Hall–Kier alpha value is -3.03. The molecule has 1 heterocycles. The molecule has 0 aromatic heterocycles. The van der Waals surface area contributed by atoms with Gasteiger partial charge in [0.2, 0.25) is 0 Å². The molecule has 0 atom stereocenters. The van der Waals surface area contributed by atoms with Crippen molar-refractivity contribution in [3.05, 3.63) is 33.9 Å². The van der Waals surface area contributed by atoms with E-state index < -0.39 is 17.6 Å². The highest BCUT2D eigenvalue weighted by Gasteiger charge is 2.32. The Balaban J connectivity index is 2.35. The second kappa shape index (κ2) is 10.5. The molecular formula is C24H34N2O6. The minimum Gasteiger partial charge on any atom is -0.496 e. The summed E-state index contributed by atoms with van der Waals surface area (Å²) >= 11 is 0. The SMILES string of the molecule is CCNC(=O)Nc1c(C/C=C(\C)CCC(=O)OC(C)(C)C)c(OC)c(C)c2c1C(=O)OC2. The number of methoxy groups -OCH3 is 1. The lowest BCUT2D eigenvalue weighted by atomic mass is 9.93. The number of amides is 2. The predicted molar refractivity (Wildman–Crippen MR) is 122 cm³/mol. The first kappa shape index (κ1) is 25.2. The zero-order valence-corrected chi connectivity index (χ0v) is 20.1. The van der Waals surface area contributed by atoms with Crippen LogP contribution in [0.15, 0.2) is 11.6 Å². The topological polar surface area (TPSA) is 103 Å². The monoisotopic (exact) mass is 446 g/mol.